The van der Waals surface area contributed by atoms with Gasteiger partial charge in [0, 0.05) is 6.04 Å². The lowest BCUT2D eigenvalue weighted by Gasteiger charge is -2.24. The molecule has 4 atom stereocenters. The molecule has 0 aromatic rings. The third-order valence-corrected chi connectivity index (χ3v) is 4.58. The third-order valence-electron chi connectivity index (χ3n) is 3.07. The molecule has 0 amide bonds. The van der Waals surface area contributed by atoms with Gasteiger partial charge in [0.05, 0.1) is 22.7 Å². The van der Waals surface area contributed by atoms with E-state index in [1.165, 1.54) is 12.8 Å². The first-order chi connectivity index (χ1) is 6.18. The Hall–Kier alpha value is 0.0700. The molecular formula is C9H17NO2S. The van der Waals surface area contributed by atoms with E-state index in [9.17, 15) is 4.21 Å². The highest BCUT2D eigenvalue weighted by Crippen LogP contribution is 2.26. The van der Waals surface area contributed by atoms with Crippen molar-refractivity contribution in [3.05, 3.63) is 0 Å². The molecule has 0 radical (unpaired) electrons. The Kier molecular flexibility index (Phi) is 2.72. The van der Waals surface area contributed by atoms with Crippen LogP contribution in [0.1, 0.15) is 19.8 Å². The van der Waals surface area contributed by atoms with Crippen molar-refractivity contribution in [1.82, 2.24) is 4.90 Å². The van der Waals surface area contributed by atoms with Gasteiger partial charge >= 0.3 is 0 Å². The van der Waals surface area contributed by atoms with Crippen molar-refractivity contribution >= 4 is 10.8 Å². The zero-order chi connectivity index (χ0) is 9.42. The minimum atomic E-state index is -0.758. The van der Waals surface area contributed by atoms with E-state index in [1.54, 1.807) is 0 Å². The largest absolute Gasteiger partial charge is 0.359 e. The molecule has 2 aliphatic heterocycles. The van der Waals surface area contributed by atoms with Gasteiger partial charge in [-0.05, 0) is 33.4 Å². The van der Waals surface area contributed by atoms with Gasteiger partial charge in [-0.1, -0.05) is 0 Å². The Morgan fingerprint density at radius 2 is 2.31 bits per heavy atom. The molecule has 0 saturated carbocycles. The second kappa shape index (κ2) is 3.67. The van der Waals surface area contributed by atoms with Gasteiger partial charge in [0.25, 0.3) is 0 Å². The van der Waals surface area contributed by atoms with Gasteiger partial charge in [-0.3, -0.25) is 4.21 Å². The van der Waals surface area contributed by atoms with Crippen LogP contribution in [0.4, 0.5) is 0 Å². The van der Waals surface area contributed by atoms with Crippen LogP contribution < -0.4 is 0 Å². The molecule has 4 heteroatoms. The quantitative estimate of drug-likeness (QED) is 0.624. The molecular weight excluding hydrogens is 186 g/mol. The number of nitrogens with zero attached hydrogens (tertiary/aromatic N) is 1. The van der Waals surface area contributed by atoms with Crippen LogP contribution in [0.15, 0.2) is 0 Å². The van der Waals surface area contributed by atoms with E-state index in [-0.39, 0.29) is 11.5 Å². The van der Waals surface area contributed by atoms with E-state index < -0.39 is 10.8 Å². The first kappa shape index (κ1) is 9.62. The number of likely N-dealkylation sites (tertiary alicyclic amines) is 1. The molecule has 0 aromatic heterocycles. The second-order valence-corrected chi connectivity index (χ2v) is 5.74. The minimum absolute atomic E-state index is 0.0565. The summed E-state index contributed by atoms with van der Waals surface area (Å²) >= 11 is 0. The van der Waals surface area contributed by atoms with Gasteiger partial charge in [-0.2, -0.15) is 0 Å². The molecule has 2 saturated heterocycles. The van der Waals surface area contributed by atoms with Crippen molar-refractivity contribution in [2.45, 2.75) is 37.3 Å². The molecule has 2 heterocycles. The molecule has 2 rings (SSSR count). The summed E-state index contributed by atoms with van der Waals surface area (Å²) < 4.78 is 17.1. The summed E-state index contributed by atoms with van der Waals surface area (Å²) in [6, 6.07) is 0.508. The molecule has 0 unspecified atom stereocenters. The van der Waals surface area contributed by atoms with Gasteiger partial charge in [0.15, 0.2) is 0 Å². The van der Waals surface area contributed by atoms with Crippen LogP contribution in [0.2, 0.25) is 0 Å². The second-order valence-electron chi connectivity index (χ2n) is 3.98. The topological polar surface area (TPSA) is 29.5 Å². The molecule has 76 valence electrons. The number of likely N-dealkylation sites (N-methyl/N-ethyl adjacent to an activating group) is 1. The maximum atomic E-state index is 11.4. The fourth-order valence-electron chi connectivity index (χ4n) is 2.25. The number of ether oxygens (including phenoxy) is 1. The van der Waals surface area contributed by atoms with Crippen molar-refractivity contribution in [2.24, 2.45) is 0 Å². The molecule has 2 fully saturated rings. The van der Waals surface area contributed by atoms with Crippen molar-refractivity contribution in [1.29, 1.82) is 0 Å². The summed E-state index contributed by atoms with van der Waals surface area (Å²) in [5.41, 5.74) is -0.0565. The van der Waals surface area contributed by atoms with Gasteiger partial charge in [0.2, 0.25) is 0 Å². The zero-order valence-electron chi connectivity index (χ0n) is 8.23. The zero-order valence-corrected chi connectivity index (χ0v) is 9.05. The predicted octanol–water partition coefficient (Wildman–Crippen LogP) is 0.574. The van der Waals surface area contributed by atoms with E-state index in [1.807, 2.05) is 6.92 Å². The number of hydrogen-bond acceptors (Lipinski definition) is 3. The van der Waals surface area contributed by atoms with Crippen LogP contribution >= 0.6 is 0 Å². The minimum Gasteiger partial charge on any atom is -0.359 e. The Bertz CT molecular complexity index is 222. The fraction of sp³-hybridized carbons (Fsp3) is 1.00. The lowest BCUT2D eigenvalue weighted by atomic mass is 10.1. The standard InChI is InChI=1S/C9H17NO2S/c1-7-12-9(6-13(7)11)8-4-3-5-10(8)2/h7-9H,3-6H2,1-2H3/t7-,8-,9+,13-/m1/s1. The van der Waals surface area contributed by atoms with E-state index >= 15 is 0 Å². The van der Waals surface area contributed by atoms with Gasteiger partial charge < -0.3 is 9.64 Å². The van der Waals surface area contributed by atoms with Gasteiger partial charge in [-0.25, -0.2) is 0 Å². The first-order valence-electron chi connectivity index (χ1n) is 4.91. The van der Waals surface area contributed by atoms with Crippen molar-refractivity contribution in [2.75, 3.05) is 19.3 Å². The molecule has 3 nitrogen and oxygen atoms in total. The van der Waals surface area contributed by atoms with Crippen molar-refractivity contribution in [3.63, 3.8) is 0 Å². The van der Waals surface area contributed by atoms with Crippen LogP contribution in [0.3, 0.4) is 0 Å². The Labute approximate surface area is 81.9 Å². The van der Waals surface area contributed by atoms with Gasteiger partial charge in [-0.15, -0.1) is 0 Å². The maximum absolute atomic E-state index is 11.4. The molecule has 13 heavy (non-hydrogen) atoms. The smallest absolute Gasteiger partial charge is 0.130 e. The Balaban J connectivity index is 1.98. The van der Waals surface area contributed by atoms with E-state index in [0.717, 1.165) is 12.3 Å². The predicted molar refractivity (Wildman–Crippen MR) is 53.0 cm³/mol. The molecule has 2 aliphatic rings. The van der Waals surface area contributed by atoms with Crippen molar-refractivity contribution in [3.8, 4) is 0 Å². The highest BCUT2D eigenvalue weighted by atomic mass is 32.2. The summed E-state index contributed by atoms with van der Waals surface area (Å²) in [5, 5.41) is 0. The van der Waals surface area contributed by atoms with Crippen LogP contribution in [0.25, 0.3) is 0 Å². The third kappa shape index (κ3) is 1.80. The Morgan fingerprint density at radius 1 is 1.54 bits per heavy atom. The van der Waals surface area contributed by atoms with E-state index in [2.05, 4.69) is 11.9 Å². The molecule has 0 aliphatic carbocycles. The summed E-state index contributed by atoms with van der Waals surface area (Å²) in [6.07, 6.45) is 2.66. The SMILES string of the molecule is C[C@@H]1O[C@H]([C@H]2CCCN2C)C[S@]1=O. The summed E-state index contributed by atoms with van der Waals surface area (Å²) in [7, 11) is 1.37. The molecule has 0 aromatic carbocycles. The normalized spacial score (nSPS) is 47.2. The molecule has 0 bridgehead atoms. The number of rotatable bonds is 1. The lowest BCUT2D eigenvalue weighted by Crippen LogP contribution is -2.38. The summed E-state index contributed by atoms with van der Waals surface area (Å²) in [4.78, 5) is 2.33. The van der Waals surface area contributed by atoms with Crippen LogP contribution in [0.5, 0.6) is 0 Å². The monoisotopic (exact) mass is 203 g/mol. The average molecular weight is 203 g/mol. The van der Waals surface area contributed by atoms with Crippen molar-refractivity contribution < 1.29 is 8.95 Å². The van der Waals surface area contributed by atoms with Crippen LogP contribution in [-0.4, -0.2) is 46.0 Å². The first-order valence-corrected chi connectivity index (χ1v) is 6.29. The summed E-state index contributed by atoms with van der Waals surface area (Å²) in [5.74, 6) is 0.732. The highest BCUT2D eigenvalue weighted by Gasteiger charge is 2.38. The highest BCUT2D eigenvalue weighted by molar-refractivity contribution is 7.85. The fourth-order valence-corrected chi connectivity index (χ4v) is 3.41. The van der Waals surface area contributed by atoms with Crippen LogP contribution in [0, 0.1) is 0 Å². The van der Waals surface area contributed by atoms with Crippen LogP contribution in [-0.2, 0) is 15.5 Å². The Morgan fingerprint density at radius 3 is 2.77 bits per heavy atom. The average Bonchev–Trinajstić information content (AvgIpc) is 2.60. The molecule has 0 N–H and O–H groups in total. The van der Waals surface area contributed by atoms with Gasteiger partial charge in [0.1, 0.15) is 5.44 Å². The molecule has 0 spiro atoms. The number of hydrogen-bond donors (Lipinski definition) is 0. The lowest BCUT2D eigenvalue weighted by molar-refractivity contribution is 0.0250. The maximum Gasteiger partial charge on any atom is 0.130 e. The van der Waals surface area contributed by atoms with E-state index in [0.29, 0.717) is 6.04 Å². The summed E-state index contributed by atoms with van der Waals surface area (Å²) in [6.45, 7) is 3.07. The van der Waals surface area contributed by atoms with E-state index in [4.69, 9.17) is 4.74 Å².